The molecular formula is C15H19ClN2O3S. The molecule has 0 radical (unpaired) electrons. The molecule has 22 heavy (non-hydrogen) atoms. The zero-order valence-corrected chi connectivity index (χ0v) is 14.2. The van der Waals surface area contributed by atoms with E-state index in [4.69, 9.17) is 16.3 Å². The molecule has 2 rings (SSSR count). The summed E-state index contributed by atoms with van der Waals surface area (Å²) < 4.78 is 5.13. The Labute approximate surface area is 139 Å². The van der Waals surface area contributed by atoms with Gasteiger partial charge < -0.3 is 15.0 Å². The highest BCUT2D eigenvalue weighted by Crippen LogP contribution is 2.28. The van der Waals surface area contributed by atoms with Gasteiger partial charge in [0.1, 0.15) is 11.8 Å². The van der Waals surface area contributed by atoms with Crippen molar-refractivity contribution in [1.29, 1.82) is 0 Å². The normalized spacial score (nSPS) is 17.4. The van der Waals surface area contributed by atoms with Gasteiger partial charge in [0, 0.05) is 18.2 Å². The number of carbonyl (C=O) groups excluding carboxylic acids is 2. The Kier molecular flexibility index (Phi) is 5.97. The SMILES string of the molecule is CCCC(=O)N1CSCC1C(=O)Nc1cc(OC)ccc1Cl. The predicted molar refractivity (Wildman–Crippen MR) is 89.5 cm³/mol. The minimum atomic E-state index is -0.452. The van der Waals surface area contributed by atoms with E-state index in [1.165, 1.54) is 0 Å². The molecule has 1 aromatic rings. The second-order valence-corrected chi connectivity index (χ2v) is 6.37. The first kappa shape index (κ1) is 17.0. The molecule has 1 aromatic carbocycles. The summed E-state index contributed by atoms with van der Waals surface area (Å²) in [6, 6.07) is 4.60. The van der Waals surface area contributed by atoms with Gasteiger partial charge in [-0.2, -0.15) is 0 Å². The Balaban J connectivity index is 2.09. The molecule has 0 saturated carbocycles. The molecule has 0 aromatic heterocycles. The minimum Gasteiger partial charge on any atom is -0.497 e. The number of ether oxygens (including phenoxy) is 1. The Hall–Kier alpha value is -1.40. The van der Waals surface area contributed by atoms with E-state index < -0.39 is 6.04 Å². The molecule has 1 heterocycles. The quantitative estimate of drug-likeness (QED) is 0.893. The zero-order chi connectivity index (χ0) is 16.1. The van der Waals surface area contributed by atoms with Crippen LogP contribution in [0.25, 0.3) is 0 Å². The van der Waals surface area contributed by atoms with Crippen molar-refractivity contribution in [2.75, 3.05) is 24.1 Å². The molecule has 1 saturated heterocycles. The van der Waals surface area contributed by atoms with E-state index in [1.807, 2.05) is 6.92 Å². The maximum atomic E-state index is 12.5. The summed E-state index contributed by atoms with van der Waals surface area (Å²) in [5.74, 6) is 1.57. The van der Waals surface area contributed by atoms with Crippen molar-refractivity contribution < 1.29 is 14.3 Å². The van der Waals surface area contributed by atoms with Crippen LogP contribution >= 0.6 is 23.4 Å². The lowest BCUT2D eigenvalue weighted by Crippen LogP contribution is -2.44. The molecule has 1 N–H and O–H groups in total. The highest BCUT2D eigenvalue weighted by molar-refractivity contribution is 7.99. The summed E-state index contributed by atoms with van der Waals surface area (Å²) in [5, 5.41) is 3.23. The van der Waals surface area contributed by atoms with Crippen molar-refractivity contribution >= 4 is 40.9 Å². The third-order valence-corrected chi connectivity index (χ3v) is 4.74. The van der Waals surface area contributed by atoms with E-state index in [-0.39, 0.29) is 11.8 Å². The van der Waals surface area contributed by atoms with Gasteiger partial charge in [0.2, 0.25) is 11.8 Å². The average Bonchev–Trinajstić information content (AvgIpc) is 2.99. The molecule has 1 aliphatic rings. The topological polar surface area (TPSA) is 58.6 Å². The molecule has 0 aliphatic carbocycles. The molecule has 1 unspecified atom stereocenters. The van der Waals surface area contributed by atoms with Gasteiger partial charge in [-0.1, -0.05) is 18.5 Å². The molecule has 1 aliphatic heterocycles. The Morgan fingerprint density at radius 2 is 2.27 bits per heavy atom. The van der Waals surface area contributed by atoms with Gasteiger partial charge >= 0.3 is 0 Å². The van der Waals surface area contributed by atoms with Gasteiger partial charge in [0.25, 0.3) is 0 Å². The van der Waals surface area contributed by atoms with Crippen LogP contribution in [0.5, 0.6) is 5.75 Å². The Bertz CT molecular complexity index is 568. The second kappa shape index (κ2) is 7.74. The molecule has 0 spiro atoms. The number of thioether (sulfide) groups is 1. The smallest absolute Gasteiger partial charge is 0.248 e. The number of methoxy groups -OCH3 is 1. The van der Waals surface area contributed by atoms with Crippen LogP contribution < -0.4 is 10.1 Å². The Morgan fingerprint density at radius 1 is 1.50 bits per heavy atom. The van der Waals surface area contributed by atoms with Crippen LogP contribution in [0.2, 0.25) is 5.02 Å². The van der Waals surface area contributed by atoms with Crippen molar-refractivity contribution in [3.63, 3.8) is 0 Å². The largest absolute Gasteiger partial charge is 0.497 e. The average molecular weight is 343 g/mol. The summed E-state index contributed by atoms with van der Waals surface area (Å²) >= 11 is 7.68. The van der Waals surface area contributed by atoms with Gasteiger partial charge in [0.05, 0.1) is 23.7 Å². The van der Waals surface area contributed by atoms with E-state index in [0.29, 0.717) is 34.5 Å². The summed E-state index contributed by atoms with van der Waals surface area (Å²) in [7, 11) is 1.55. The van der Waals surface area contributed by atoms with Gasteiger partial charge in [-0.3, -0.25) is 9.59 Å². The highest BCUT2D eigenvalue weighted by atomic mass is 35.5. The summed E-state index contributed by atoms with van der Waals surface area (Å²) in [5.41, 5.74) is 0.491. The number of nitrogens with zero attached hydrogens (tertiary/aromatic N) is 1. The molecule has 1 atom stereocenters. The van der Waals surface area contributed by atoms with Crippen LogP contribution in [0.15, 0.2) is 18.2 Å². The third kappa shape index (κ3) is 3.87. The zero-order valence-electron chi connectivity index (χ0n) is 12.6. The van der Waals surface area contributed by atoms with Gasteiger partial charge in [-0.05, 0) is 18.6 Å². The van der Waals surface area contributed by atoms with Crippen molar-refractivity contribution in [3.8, 4) is 5.75 Å². The van der Waals surface area contributed by atoms with E-state index in [2.05, 4.69) is 5.32 Å². The molecule has 5 nitrogen and oxygen atoms in total. The lowest BCUT2D eigenvalue weighted by molar-refractivity contribution is -0.136. The van der Waals surface area contributed by atoms with Gasteiger partial charge in [-0.25, -0.2) is 0 Å². The first-order chi connectivity index (χ1) is 10.6. The van der Waals surface area contributed by atoms with Crippen LogP contribution in [0.1, 0.15) is 19.8 Å². The number of hydrogen-bond donors (Lipinski definition) is 1. The molecule has 120 valence electrons. The lowest BCUT2D eigenvalue weighted by atomic mass is 10.2. The van der Waals surface area contributed by atoms with Crippen LogP contribution in [0.3, 0.4) is 0 Å². The summed E-state index contributed by atoms with van der Waals surface area (Å²) in [6.07, 6.45) is 1.24. The number of rotatable bonds is 5. The predicted octanol–water partition coefficient (Wildman–Crippen LogP) is 2.99. The van der Waals surface area contributed by atoms with E-state index in [0.717, 1.165) is 6.42 Å². The number of anilines is 1. The first-order valence-corrected chi connectivity index (χ1v) is 8.61. The molecular weight excluding hydrogens is 324 g/mol. The van der Waals surface area contributed by atoms with E-state index >= 15 is 0 Å². The lowest BCUT2D eigenvalue weighted by Gasteiger charge is -2.23. The number of nitrogens with one attached hydrogen (secondary N) is 1. The van der Waals surface area contributed by atoms with E-state index in [9.17, 15) is 9.59 Å². The molecule has 7 heteroatoms. The summed E-state index contributed by atoms with van der Waals surface area (Å²) in [4.78, 5) is 26.2. The van der Waals surface area contributed by atoms with Crippen LogP contribution in [-0.2, 0) is 9.59 Å². The molecule has 2 amide bonds. The second-order valence-electron chi connectivity index (χ2n) is 4.96. The number of halogens is 1. The number of benzene rings is 1. The maximum absolute atomic E-state index is 12.5. The Morgan fingerprint density at radius 3 is 2.95 bits per heavy atom. The van der Waals surface area contributed by atoms with Gasteiger partial charge in [-0.15, -0.1) is 11.8 Å². The fraction of sp³-hybridized carbons (Fsp3) is 0.467. The minimum absolute atomic E-state index is 0.0180. The van der Waals surface area contributed by atoms with Crippen LogP contribution in [0.4, 0.5) is 5.69 Å². The van der Waals surface area contributed by atoms with Crippen molar-refractivity contribution in [1.82, 2.24) is 4.90 Å². The molecule has 1 fully saturated rings. The van der Waals surface area contributed by atoms with Crippen LogP contribution in [-0.4, -0.2) is 41.5 Å². The van der Waals surface area contributed by atoms with Crippen LogP contribution in [0, 0.1) is 0 Å². The monoisotopic (exact) mass is 342 g/mol. The molecule has 0 bridgehead atoms. The maximum Gasteiger partial charge on any atom is 0.248 e. The number of carbonyl (C=O) groups is 2. The summed E-state index contributed by atoms with van der Waals surface area (Å²) in [6.45, 7) is 1.95. The van der Waals surface area contributed by atoms with Crippen molar-refractivity contribution in [2.45, 2.75) is 25.8 Å². The number of amides is 2. The highest BCUT2D eigenvalue weighted by Gasteiger charge is 2.34. The van der Waals surface area contributed by atoms with Gasteiger partial charge in [0.15, 0.2) is 0 Å². The fourth-order valence-electron chi connectivity index (χ4n) is 2.21. The first-order valence-electron chi connectivity index (χ1n) is 7.08. The van der Waals surface area contributed by atoms with E-state index in [1.54, 1.807) is 42.0 Å². The standard InChI is InChI=1S/C15H19ClN2O3S/c1-3-4-14(19)18-9-22-8-13(18)15(20)17-12-7-10(21-2)5-6-11(12)16/h5-7,13H,3-4,8-9H2,1-2H3,(H,17,20). The van der Waals surface area contributed by atoms with Crippen molar-refractivity contribution in [2.24, 2.45) is 0 Å². The number of hydrogen-bond acceptors (Lipinski definition) is 4. The van der Waals surface area contributed by atoms with Crippen molar-refractivity contribution in [3.05, 3.63) is 23.2 Å². The third-order valence-electron chi connectivity index (χ3n) is 3.40. The fourth-order valence-corrected chi connectivity index (χ4v) is 3.55.